The molecule has 2 fully saturated rings. The molecule has 0 spiro atoms. The zero-order valence-corrected chi connectivity index (χ0v) is 10.4. The van der Waals surface area contributed by atoms with Gasteiger partial charge in [-0.1, -0.05) is 30.9 Å². The van der Waals surface area contributed by atoms with Crippen LogP contribution in [0.2, 0.25) is 0 Å². The Morgan fingerprint density at radius 3 is 2.59 bits per heavy atom. The van der Waals surface area contributed by atoms with Crippen molar-refractivity contribution in [3.05, 3.63) is 11.9 Å². The smallest absolute Gasteiger partial charge is 0.0965 e. The van der Waals surface area contributed by atoms with E-state index in [2.05, 4.69) is 26.5 Å². The fraction of sp³-hybridized carbons (Fsp3) is 0.846. The molecule has 0 aromatic carbocycles. The first-order chi connectivity index (χ1) is 8.42. The lowest BCUT2D eigenvalue weighted by Gasteiger charge is -2.12. The quantitative estimate of drug-likeness (QED) is 0.814. The van der Waals surface area contributed by atoms with Gasteiger partial charge in [0.25, 0.3) is 0 Å². The fourth-order valence-electron chi connectivity index (χ4n) is 2.63. The van der Waals surface area contributed by atoms with E-state index in [4.69, 9.17) is 0 Å². The number of aromatic nitrogens is 3. The number of hydrogen-bond donors (Lipinski definition) is 1. The van der Waals surface area contributed by atoms with Crippen LogP contribution < -0.4 is 5.32 Å². The van der Waals surface area contributed by atoms with Crippen LogP contribution in [0.5, 0.6) is 0 Å². The average Bonchev–Trinajstić information content (AvgIpc) is 3.12. The maximum Gasteiger partial charge on any atom is 0.0965 e. The van der Waals surface area contributed by atoms with Crippen LogP contribution in [-0.4, -0.2) is 21.0 Å². The molecular weight excluding hydrogens is 212 g/mol. The van der Waals surface area contributed by atoms with Gasteiger partial charge < -0.3 is 5.32 Å². The van der Waals surface area contributed by atoms with Gasteiger partial charge in [-0.25, -0.2) is 4.68 Å². The van der Waals surface area contributed by atoms with Crippen LogP contribution in [0.25, 0.3) is 0 Å². The number of hydrogen-bond acceptors (Lipinski definition) is 3. The maximum atomic E-state index is 4.31. The van der Waals surface area contributed by atoms with E-state index in [1.54, 1.807) is 0 Å². The van der Waals surface area contributed by atoms with Gasteiger partial charge in [-0.3, -0.25) is 0 Å². The maximum absolute atomic E-state index is 4.31. The molecule has 0 bridgehead atoms. The van der Waals surface area contributed by atoms with Crippen LogP contribution in [0.3, 0.4) is 0 Å². The minimum atomic E-state index is 0.597. The van der Waals surface area contributed by atoms with Gasteiger partial charge in [-0.15, -0.1) is 5.10 Å². The highest BCUT2D eigenvalue weighted by Gasteiger charge is 2.21. The zero-order chi connectivity index (χ0) is 11.5. The summed E-state index contributed by atoms with van der Waals surface area (Å²) in [5.41, 5.74) is 1.10. The van der Waals surface area contributed by atoms with Gasteiger partial charge in [0.15, 0.2) is 0 Å². The minimum Gasteiger partial charge on any atom is -0.308 e. The highest BCUT2D eigenvalue weighted by molar-refractivity contribution is 4.95. The van der Waals surface area contributed by atoms with Crippen molar-refractivity contribution in [1.82, 2.24) is 20.3 Å². The molecule has 0 saturated heterocycles. The van der Waals surface area contributed by atoms with E-state index in [1.165, 1.54) is 51.4 Å². The van der Waals surface area contributed by atoms with E-state index in [0.29, 0.717) is 6.04 Å². The average molecular weight is 234 g/mol. The van der Waals surface area contributed by atoms with Gasteiger partial charge in [0.2, 0.25) is 0 Å². The molecule has 17 heavy (non-hydrogen) atoms. The normalized spacial score (nSPS) is 22.6. The Bertz CT molecular complexity index is 348. The summed E-state index contributed by atoms with van der Waals surface area (Å²) >= 11 is 0. The summed E-state index contributed by atoms with van der Waals surface area (Å²) in [4.78, 5) is 0. The van der Waals surface area contributed by atoms with E-state index in [1.807, 2.05) is 0 Å². The SMILES string of the molecule is c1c(CNC2CC2)nnn1C1CCCCCC1. The van der Waals surface area contributed by atoms with Crippen LogP contribution in [0.15, 0.2) is 6.20 Å². The van der Waals surface area contributed by atoms with Crippen molar-refractivity contribution >= 4 is 0 Å². The summed E-state index contributed by atoms with van der Waals surface area (Å²) in [6, 6.07) is 1.35. The Kier molecular flexibility index (Phi) is 3.41. The Morgan fingerprint density at radius 1 is 1.12 bits per heavy atom. The molecule has 1 N–H and O–H groups in total. The summed E-state index contributed by atoms with van der Waals surface area (Å²) in [7, 11) is 0. The Labute approximate surface area is 103 Å². The van der Waals surface area contributed by atoms with Crippen LogP contribution >= 0.6 is 0 Å². The van der Waals surface area contributed by atoms with Crippen molar-refractivity contribution in [1.29, 1.82) is 0 Å². The molecule has 2 saturated carbocycles. The van der Waals surface area contributed by atoms with Crippen molar-refractivity contribution in [3.63, 3.8) is 0 Å². The molecule has 4 heteroatoms. The molecular formula is C13H22N4. The zero-order valence-electron chi connectivity index (χ0n) is 10.4. The molecule has 2 aliphatic carbocycles. The highest BCUT2D eigenvalue weighted by Crippen LogP contribution is 2.26. The molecule has 3 rings (SSSR count). The van der Waals surface area contributed by atoms with E-state index in [0.717, 1.165) is 18.3 Å². The first-order valence-electron chi connectivity index (χ1n) is 7.06. The van der Waals surface area contributed by atoms with Crippen LogP contribution in [-0.2, 0) is 6.54 Å². The molecule has 94 valence electrons. The predicted molar refractivity (Wildman–Crippen MR) is 66.6 cm³/mol. The first-order valence-corrected chi connectivity index (χ1v) is 7.06. The Hall–Kier alpha value is -0.900. The van der Waals surface area contributed by atoms with Crippen LogP contribution in [0, 0.1) is 0 Å². The third-order valence-corrected chi connectivity index (χ3v) is 3.91. The molecule has 1 aromatic heterocycles. The van der Waals surface area contributed by atoms with Gasteiger partial charge in [-0.2, -0.15) is 0 Å². The van der Waals surface area contributed by atoms with Crippen molar-refractivity contribution in [3.8, 4) is 0 Å². The lowest BCUT2D eigenvalue weighted by molar-refractivity contribution is 0.396. The van der Waals surface area contributed by atoms with E-state index >= 15 is 0 Å². The largest absolute Gasteiger partial charge is 0.308 e. The molecule has 4 nitrogen and oxygen atoms in total. The highest BCUT2D eigenvalue weighted by atomic mass is 15.4. The van der Waals surface area contributed by atoms with Gasteiger partial charge in [0.05, 0.1) is 17.9 Å². The second-order valence-electron chi connectivity index (χ2n) is 5.49. The van der Waals surface area contributed by atoms with Crippen LogP contribution in [0.1, 0.15) is 63.1 Å². The summed E-state index contributed by atoms with van der Waals surface area (Å²) < 4.78 is 2.11. The van der Waals surface area contributed by atoms with Crippen molar-refractivity contribution in [2.45, 2.75) is 70.0 Å². The summed E-state index contributed by atoms with van der Waals surface area (Å²) in [5, 5.41) is 12.1. The lowest BCUT2D eigenvalue weighted by atomic mass is 10.1. The predicted octanol–water partition coefficient (Wildman–Crippen LogP) is 2.43. The fourth-order valence-corrected chi connectivity index (χ4v) is 2.63. The van der Waals surface area contributed by atoms with E-state index in [-0.39, 0.29) is 0 Å². The topological polar surface area (TPSA) is 42.7 Å². The molecule has 0 radical (unpaired) electrons. The second-order valence-corrected chi connectivity index (χ2v) is 5.49. The lowest BCUT2D eigenvalue weighted by Crippen LogP contribution is -2.15. The molecule has 0 unspecified atom stereocenters. The molecule has 2 aliphatic rings. The van der Waals surface area contributed by atoms with E-state index < -0.39 is 0 Å². The minimum absolute atomic E-state index is 0.597. The molecule has 0 amide bonds. The third kappa shape index (κ3) is 3.06. The first kappa shape index (κ1) is 11.2. The van der Waals surface area contributed by atoms with Crippen molar-refractivity contribution < 1.29 is 0 Å². The summed E-state index contributed by atoms with van der Waals surface area (Å²) in [6.07, 6.45) is 12.8. The molecule has 1 heterocycles. The van der Waals surface area contributed by atoms with Crippen molar-refractivity contribution in [2.75, 3.05) is 0 Å². The molecule has 0 aliphatic heterocycles. The number of nitrogens with one attached hydrogen (secondary N) is 1. The number of rotatable bonds is 4. The monoisotopic (exact) mass is 234 g/mol. The summed E-state index contributed by atoms with van der Waals surface area (Å²) in [5.74, 6) is 0. The second kappa shape index (κ2) is 5.17. The van der Waals surface area contributed by atoms with Gasteiger partial charge in [0.1, 0.15) is 0 Å². The van der Waals surface area contributed by atoms with E-state index in [9.17, 15) is 0 Å². The number of nitrogens with zero attached hydrogens (tertiary/aromatic N) is 3. The van der Waals surface area contributed by atoms with Gasteiger partial charge in [0, 0.05) is 12.6 Å². The summed E-state index contributed by atoms with van der Waals surface area (Å²) in [6.45, 7) is 0.886. The van der Waals surface area contributed by atoms with Crippen molar-refractivity contribution in [2.24, 2.45) is 0 Å². The standard InChI is InChI=1S/C13H22N4/c1-2-4-6-13(5-3-1)17-10-12(15-16-17)9-14-11-7-8-11/h10-11,13-14H,1-9H2. The molecule has 0 atom stereocenters. The van der Waals surface area contributed by atoms with Gasteiger partial charge >= 0.3 is 0 Å². The van der Waals surface area contributed by atoms with Crippen LogP contribution in [0.4, 0.5) is 0 Å². The van der Waals surface area contributed by atoms with Gasteiger partial charge in [-0.05, 0) is 25.7 Å². The third-order valence-electron chi connectivity index (χ3n) is 3.91. The Balaban J connectivity index is 1.57. The molecule has 1 aromatic rings. The Morgan fingerprint density at radius 2 is 1.88 bits per heavy atom.